The number of ether oxygens (including phenoxy) is 1. The van der Waals surface area contributed by atoms with Crippen LogP contribution < -0.4 is 4.74 Å². The first-order valence-corrected chi connectivity index (χ1v) is 3.86. The molecule has 0 radical (unpaired) electrons. The minimum Gasteiger partial charge on any atom is -0.483 e. The summed E-state index contributed by atoms with van der Waals surface area (Å²) in [6.45, 7) is -1.51. The summed E-state index contributed by atoms with van der Waals surface area (Å²) >= 11 is 0. The highest BCUT2D eigenvalue weighted by molar-refractivity contribution is 5.79. The molecule has 0 heterocycles. The number of benzene rings is 1. The van der Waals surface area contributed by atoms with E-state index in [2.05, 4.69) is 4.74 Å². The second-order valence-corrected chi connectivity index (χ2v) is 2.70. The van der Waals surface area contributed by atoms with Crippen molar-refractivity contribution in [2.24, 2.45) is 0 Å². The van der Waals surface area contributed by atoms with Crippen LogP contribution >= 0.6 is 0 Å². The number of aldehydes is 1. The van der Waals surface area contributed by atoms with E-state index in [0.29, 0.717) is 0 Å². The molecule has 0 aliphatic heterocycles. The van der Waals surface area contributed by atoms with Gasteiger partial charge >= 0.3 is 6.18 Å². The Kier molecular flexibility index (Phi) is 3.28. The highest BCUT2D eigenvalue weighted by Crippen LogP contribution is 2.21. The van der Waals surface area contributed by atoms with E-state index in [9.17, 15) is 22.4 Å². The van der Waals surface area contributed by atoms with Crippen LogP contribution in [0.3, 0.4) is 0 Å². The van der Waals surface area contributed by atoms with Crippen molar-refractivity contribution >= 4 is 6.29 Å². The molecule has 0 N–H and O–H groups in total. The Balaban J connectivity index is 2.81. The van der Waals surface area contributed by atoms with Gasteiger partial charge in [0.15, 0.2) is 12.9 Å². The van der Waals surface area contributed by atoms with Gasteiger partial charge in [0, 0.05) is 0 Å². The quantitative estimate of drug-likeness (QED) is 0.580. The minimum atomic E-state index is -4.49. The normalized spacial score (nSPS) is 11.2. The van der Waals surface area contributed by atoms with Crippen LogP contribution in [0.4, 0.5) is 17.6 Å². The van der Waals surface area contributed by atoms with Crippen LogP contribution in [0.15, 0.2) is 18.2 Å². The Morgan fingerprint density at radius 2 is 2.00 bits per heavy atom. The molecule has 0 fully saturated rings. The molecular formula is C9H6F4O2. The molecule has 0 saturated heterocycles. The predicted octanol–water partition coefficient (Wildman–Crippen LogP) is 2.58. The lowest BCUT2D eigenvalue weighted by Crippen LogP contribution is -2.19. The van der Waals surface area contributed by atoms with Gasteiger partial charge in [0.25, 0.3) is 0 Å². The third-order valence-electron chi connectivity index (χ3n) is 1.49. The highest BCUT2D eigenvalue weighted by atomic mass is 19.4. The van der Waals surface area contributed by atoms with Crippen LogP contribution in [-0.4, -0.2) is 19.1 Å². The molecule has 0 aliphatic carbocycles. The van der Waals surface area contributed by atoms with Crippen molar-refractivity contribution in [3.8, 4) is 5.75 Å². The summed E-state index contributed by atoms with van der Waals surface area (Å²) in [5.41, 5.74) is -0.251. The summed E-state index contributed by atoms with van der Waals surface area (Å²) < 4.78 is 52.2. The SMILES string of the molecule is O=Cc1cc(F)ccc1OCC(F)(F)F. The largest absolute Gasteiger partial charge is 0.483 e. The van der Waals surface area contributed by atoms with Crippen molar-refractivity contribution in [2.45, 2.75) is 6.18 Å². The number of halogens is 4. The molecule has 6 heteroatoms. The van der Waals surface area contributed by atoms with E-state index in [1.807, 2.05) is 0 Å². The Morgan fingerprint density at radius 1 is 1.33 bits per heavy atom. The van der Waals surface area contributed by atoms with Crippen molar-refractivity contribution in [2.75, 3.05) is 6.61 Å². The standard InChI is InChI=1S/C9H6F4O2/c10-7-1-2-8(6(3-7)4-14)15-5-9(11,12)13/h1-4H,5H2. The molecule has 1 rings (SSSR count). The van der Waals surface area contributed by atoms with Gasteiger partial charge in [0.05, 0.1) is 5.56 Å². The van der Waals surface area contributed by atoms with E-state index in [4.69, 9.17) is 0 Å². The maximum absolute atomic E-state index is 12.6. The Labute approximate surface area is 82.5 Å². The van der Waals surface area contributed by atoms with Crippen LogP contribution in [0, 0.1) is 5.82 Å². The van der Waals surface area contributed by atoms with Crippen LogP contribution in [0.1, 0.15) is 10.4 Å². The topological polar surface area (TPSA) is 26.3 Å². The lowest BCUT2D eigenvalue weighted by molar-refractivity contribution is -0.153. The Bertz CT molecular complexity index is 360. The summed E-state index contributed by atoms with van der Waals surface area (Å²) in [4.78, 5) is 10.4. The van der Waals surface area contributed by atoms with Crippen LogP contribution in [0.2, 0.25) is 0 Å². The van der Waals surface area contributed by atoms with Gasteiger partial charge in [-0.25, -0.2) is 4.39 Å². The van der Waals surface area contributed by atoms with Gasteiger partial charge in [0.2, 0.25) is 0 Å². The molecule has 1 aromatic carbocycles. The highest BCUT2D eigenvalue weighted by Gasteiger charge is 2.28. The summed E-state index contributed by atoms with van der Waals surface area (Å²) in [6.07, 6.45) is -4.26. The zero-order valence-corrected chi connectivity index (χ0v) is 7.34. The number of rotatable bonds is 3. The smallest absolute Gasteiger partial charge is 0.422 e. The fraction of sp³-hybridized carbons (Fsp3) is 0.222. The molecule has 82 valence electrons. The average Bonchev–Trinajstić information content (AvgIpc) is 2.14. The van der Waals surface area contributed by atoms with Crippen molar-refractivity contribution in [1.82, 2.24) is 0 Å². The molecule has 0 aromatic heterocycles. The van der Waals surface area contributed by atoms with E-state index >= 15 is 0 Å². The molecule has 0 saturated carbocycles. The fourth-order valence-electron chi connectivity index (χ4n) is 0.902. The van der Waals surface area contributed by atoms with Crippen molar-refractivity contribution < 1.29 is 27.1 Å². The van der Waals surface area contributed by atoms with Crippen molar-refractivity contribution in [1.29, 1.82) is 0 Å². The fourth-order valence-corrected chi connectivity index (χ4v) is 0.902. The number of hydrogen-bond acceptors (Lipinski definition) is 2. The van der Waals surface area contributed by atoms with E-state index < -0.39 is 18.6 Å². The molecular weight excluding hydrogens is 216 g/mol. The molecule has 0 atom stereocenters. The number of carbonyl (C=O) groups is 1. The lowest BCUT2D eigenvalue weighted by Gasteiger charge is -2.10. The zero-order chi connectivity index (χ0) is 11.5. The molecule has 0 bridgehead atoms. The maximum Gasteiger partial charge on any atom is 0.422 e. The van der Waals surface area contributed by atoms with Gasteiger partial charge in [-0.1, -0.05) is 0 Å². The third-order valence-corrected chi connectivity index (χ3v) is 1.49. The first-order chi connectivity index (χ1) is 6.92. The third kappa shape index (κ3) is 3.57. The molecule has 0 spiro atoms. The van der Waals surface area contributed by atoms with Crippen molar-refractivity contribution in [3.63, 3.8) is 0 Å². The van der Waals surface area contributed by atoms with Gasteiger partial charge < -0.3 is 4.74 Å². The van der Waals surface area contributed by atoms with E-state index in [1.54, 1.807) is 0 Å². The van der Waals surface area contributed by atoms with Gasteiger partial charge in [-0.2, -0.15) is 13.2 Å². The van der Waals surface area contributed by atoms with E-state index in [1.165, 1.54) is 0 Å². The number of carbonyl (C=O) groups excluding carboxylic acids is 1. The van der Waals surface area contributed by atoms with Gasteiger partial charge in [-0.15, -0.1) is 0 Å². The zero-order valence-electron chi connectivity index (χ0n) is 7.34. The number of hydrogen-bond donors (Lipinski definition) is 0. The van der Waals surface area contributed by atoms with E-state index in [-0.39, 0.29) is 17.6 Å². The molecule has 2 nitrogen and oxygen atoms in total. The average molecular weight is 222 g/mol. The first-order valence-electron chi connectivity index (χ1n) is 3.86. The van der Waals surface area contributed by atoms with Gasteiger partial charge in [-0.3, -0.25) is 4.79 Å². The lowest BCUT2D eigenvalue weighted by atomic mass is 10.2. The van der Waals surface area contributed by atoms with Crippen LogP contribution in [0.5, 0.6) is 5.75 Å². The molecule has 15 heavy (non-hydrogen) atoms. The maximum atomic E-state index is 12.6. The van der Waals surface area contributed by atoms with Gasteiger partial charge in [0.1, 0.15) is 11.6 Å². The molecule has 0 amide bonds. The Morgan fingerprint density at radius 3 is 2.53 bits per heavy atom. The number of alkyl halides is 3. The second kappa shape index (κ2) is 4.29. The minimum absolute atomic E-state index is 0.231. The monoisotopic (exact) mass is 222 g/mol. The second-order valence-electron chi connectivity index (χ2n) is 2.70. The summed E-state index contributed by atoms with van der Waals surface area (Å²) in [5, 5.41) is 0. The summed E-state index contributed by atoms with van der Waals surface area (Å²) in [7, 11) is 0. The Hall–Kier alpha value is -1.59. The van der Waals surface area contributed by atoms with E-state index in [0.717, 1.165) is 18.2 Å². The van der Waals surface area contributed by atoms with Crippen LogP contribution in [0.25, 0.3) is 0 Å². The van der Waals surface area contributed by atoms with Crippen LogP contribution in [-0.2, 0) is 0 Å². The first kappa shape index (κ1) is 11.5. The summed E-state index contributed by atoms with van der Waals surface area (Å²) in [6, 6.07) is 2.70. The van der Waals surface area contributed by atoms with Gasteiger partial charge in [-0.05, 0) is 18.2 Å². The van der Waals surface area contributed by atoms with Crippen molar-refractivity contribution in [3.05, 3.63) is 29.6 Å². The summed E-state index contributed by atoms with van der Waals surface area (Å²) in [5.74, 6) is -1.000. The predicted molar refractivity (Wildman–Crippen MR) is 43.3 cm³/mol. The molecule has 1 aromatic rings. The molecule has 0 unspecified atom stereocenters. The molecule has 0 aliphatic rings.